The van der Waals surface area contributed by atoms with Crippen molar-refractivity contribution < 1.29 is 4.42 Å². The van der Waals surface area contributed by atoms with Gasteiger partial charge in [0.25, 0.3) is 10.7 Å². The predicted molar refractivity (Wildman–Crippen MR) is 59.5 cm³/mol. The fourth-order valence-electron chi connectivity index (χ4n) is 1.56. The van der Waals surface area contributed by atoms with Gasteiger partial charge in [-0.15, -0.1) is 16.4 Å². The minimum atomic E-state index is 0.317. The Hall–Kier alpha value is -1.01. The summed E-state index contributed by atoms with van der Waals surface area (Å²) in [4.78, 5) is 5.88. The fraction of sp³-hybridized carbons (Fsp3) is 0.444. The highest BCUT2D eigenvalue weighted by molar-refractivity contribution is 7.71. The second-order valence-electron chi connectivity index (χ2n) is 3.64. The van der Waals surface area contributed by atoms with Crippen molar-refractivity contribution in [3.8, 4) is 10.8 Å². The van der Waals surface area contributed by atoms with Gasteiger partial charge in [-0.3, -0.25) is 0 Å². The van der Waals surface area contributed by atoms with Crippen LogP contribution < -0.4 is 0 Å². The van der Waals surface area contributed by atoms with Gasteiger partial charge in [-0.2, -0.15) is 0 Å². The molecule has 15 heavy (non-hydrogen) atoms. The minimum Gasteiger partial charge on any atom is -0.408 e. The van der Waals surface area contributed by atoms with E-state index in [0.29, 0.717) is 16.6 Å². The molecule has 0 aliphatic heterocycles. The Kier molecular flexibility index (Phi) is 2.00. The van der Waals surface area contributed by atoms with Crippen molar-refractivity contribution in [3.63, 3.8) is 0 Å². The van der Waals surface area contributed by atoms with Crippen molar-refractivity contribution in [1.82, 2.24) is 15.2 Å². The van der Waals surface area contributed by atoms with E-state index < -0.39 is 0 Å². The molecular formula is C9H9N3OS2. The maximum atomic E-state index is 5.32. The molecule has 0 amide bonds. The Morgan fingerprint density at radius 1 is 1.53 bits per heavy atom. The Morgan fingerprint density at radius 3 is 2.93 bits per heavy atom. The molecule has 1 saturated carbocycles. The second-order valence-corrected chi connectivity index (χ2v) is 5.21. The van der Waals surface area contributed by atoms with Gasteiger partial charge >= 0.3 is 0 Å². The molecule has 0 atom stereocenters. The second kappa shape index (κ2) is 3.24. The van der Waals surface area contributed by atoms with Crippen LogP contribution in [0.4, 0.5) is 0 Å². The van der Waals surface area contributed by atoms with Gasteiger partial charge < -0.3 is 4.42 Å². The van der Waals surface area contributed by atoms with E-state index in [1.54, 1.807) is 11.3 Å². The summed E-state index contributed by atoms with van der Waals surface area (Å²) in [5.41, 5.74) is 1.13. The molecule has 3 rings (SSSR count). The highest BCUT2D eigenvalue weighted by atomic mass is 32.1. The molecule has 2 heterocycles. The van der Waals surface area contributed by atoms with E-state index >= 15 is 0 Å². The quantitative estimate of drug-likeness (QED) is 0.818. The van der Waals surface area contributed by atoms with Crippen LogP contribution in [0, 0.1) is 11.8 Å². The normalized spacial score (nSPS) is 15.8. The SMILES string of the molecule is Cc1nc(C2CC2)c(-c2n[nH]c(=S)o2)s1. The van der Waals surface area contributed by atoms with E-state index in [-0.39, 0.29) is 0 Å². The topological polar surface area (TPSA) is 54.7 Å². The lowest BCUT2D eigenvalue weighted by Gasteiger charge is -1.92. The lowest BCUT2D eigenvalue weighted by Crippen LogP contribution is -1.84. The molecule has 4 nitrogen and oxygen atoms in total. The highest BCUT2D eigenvalue weighted by Crippen LogP contribution is 2.45. The maximum absolute atomic E-state index is 5.32. The smallest absolute Gasteiger partial charge is 0.284 e. The lowest BCUT2D eigenvalue weighted by molar-refractivity contribution is 0.552. The van der Waals surface area contributed by atoms with Crippen LogP contribution >= 0.6 is 23.6 Å². The summed E-state index contributed by atoms with van der Waals surface area (Å²) in [5.74, 6) is 1.18. The van der Waals surface area contributed by atoms with Crippen molar-refractivity contribution in [1.29, 1.82) is 0 Å². The number of rotatable bonds is 2. The van der Waals surface area contributed by atoms with Gasteiger partial charge in [0, 0.05) is 5.92 Å². The number of hydrogen-bond donors (Lipinski definition) is 1. The highest BCUT2D eigenvalue weighted by Gasteiger charge is 2.31. The zero-order chi connectivity index (χ0) is 10.4. The maximum Gasteiger partial charge on any atom is 0.284 e. The van der Waals surface area contributed by atoms with Crippen LogP contribution in [0.5, 0.6) is 0 Å². The van der Waals surface area contributed by atoms with Gasteiger partial charge in [-0.25, -0.2) is 10.1 Å². The largest absolute Gasteiger partial charge is 0.408 e. The minimum absolute atomic E-state index is 0.317. The molecule has 0 radical (unpaired) electrons. The lowest BCUT2D eigenvalue weighted by atomic mass is 10.2. The van der Waals surface area contributed by atoms with E-state index in [1.807, 2.05) is 6.92 Å². The molecule has 1 N–H and O–H groups in total. The van der Waals surface area contributed by atoms with E-state index in [4.69, 9.17) is 16.6 Å². The molecule has 1 aliphatic carbocycles. The number of thiazole rings is 1. The molecule has 0 aromatic carbocycles. The van der Waals surface area contributed by atoms with Crippen LogP contribution in [0.2, 0.25) is 0 Å². The molecule has 0 bridgehead atoms. The summed E-state index contributed by atoms with van der Waals surface area (Å²) in [6, 6.07) is 0. The third-order valence-corrected chi connectivity index (χ3v) is 3.51. The number of aromatic nitrogens is 3. The molecule has 0 spiro atoms. The van der Waals surface area contributed by atoms with Crippen molar-refractivity contribution in [2.75, 3.05) is 0 Å². The summed E-state index contributed by atoms with van der Waals surface area (Å²) in [6.07, 6.45) is 2.45. The van der Waals surface area contributed by atoms with Crippen molar-refractivity contribution >= 4 is 23.6 Å². The van der Waals surface area contributed by atoms with Crippen LogP contribution in [0.3, 0.4) is 0 Å². The Morgan fingerprint density at radius 2 is 2.33 bits per heavy atom. The van der Waals surface area contributed by atoms with Gasteiger partial charge in [-0.1, -0.05) is 0 Å². The molecule has 2 aromatic rings. The van der Waals surface area contributed by atoms with Crippen LogP contribution in [0.25, 0.3) is 10.8 Å². The molecule has 0 unspecified atom stereocenters. The number of H-pyrrole nitrogens is 1. The number of aromatic amines is 1. The van der Waals surface area contributed by atoms with Crippen LogP contribution in [-0.4, -0.2) is 15.2 Å². The Bertz CT molecular complexity index is 550. The summed E-state index contributed by atoms with van der Waals surface area (Å²) in [5, 5.41) is 7.74. The average molecular weight is 239 g/mol. The molecule has 6 heteroatoms. The molecular weight excluding hydrogens is 230 g/mol. The molecule has 2 aromatic heterocycles. The predicted octanol–water partition coefficient (Wildman–Crippen LogP) is 3.04. The van der Waals surface area contributed by atoms with Gasteiger partial charge in [0.1, 0.15) is 4.88 Å². The first-order chi connectivity index (χ1) is 7.24. The number of nitrogens with one attached hydrogen (secondary N) is 1. The van der Waals surface area contributed by atoms with Gasteiger partial charge in [0.15, 0.2) is 0 Å². The first-order valence-electron chi connectivity index (χ1n) is 4.77. The standard InChI is InChI=1S/C9H9N3OS2/c1-4-10-6(5-2-3-5)7(15-4)8-11-12-9(14)13-8/h5H,2-3H2,1H3,(H,12,14). The van der Waals surface area contributed by atoms with Crippen LogP contribution in [0.15, 0.2) is 4.42 Å². The third-order valence-electron chi connectivity index (χ3n) is 2.36. The van der Waals surface area contributed by atoms with E-state index in [2.05, 4.69) is 15.2 Å². The third kappa shape index (κ3) is 1.63. The first kappa shape index (κ1) is 9.23. The number of hydrogen-bond acceptors (Lipinski definition) is 5. The van der Waals surface area contributed by atoms with E-state index in [9.17, 15) is 0 Å². The number of aryl methyl sites for hydroxylation is 1. The zero-order valence-electron chi connectivity index (χ0n) is 8.11. The number of nitrogens with zero attached hydrogens (tertiary/aromatic N) is 2. The van der Waals surface area contributed by atoms with Gasteiger partial charge in [0.05, 0.1) is 10.7 Å². The Balaban J connectivity index is 2.13. The average Bonchev–Trinajstić information content (AvgIpc) is 2.85. The van der Waals surface area contributed by atoms with E-state index in [0.717, 1.165) is 15.6 Å². The van der Waals surface area contributed by atoms with Crippen LogP contribution in [0.1, 0.15) is 29.5 Å². The molecule has 1 fully saturated rings. The monoisotopic (exact) mass is 239 g/mol. The van der Waals surface area contributed by atoms with Crippen molar-refractivity contribution in [2.45, 2.75) is 25.7 Å². The summed E-state index contributed by atoms with van der Waals surface area (Å²) < 4.78 is 5.32. The van der Waals surface area contributed by atoms with E-state index in [1.165, 1.54) is 12.8 Å². The van der Waals surface area contributed by atoms with Gasteiger partial charge in [-0.05, 0) is 32.0 Å². The molecule has 78 valence electrons. The first-order valence-corrected chi connectivity index (χ1v) is 5.99. The summed E-state index contributed by atoms with van der Waals surface area (Å²) in [6.45, 7) is 2.00. The zero-order valence-corrected chi connectivity index (χ0v) is 9.74. The fourth-order valence-corrected chi connectivity index (χ4v) is 2.61. The summed E-state index contributed by atoms with van der Waals surface area (Å²) in [7, 11) is 0. The Labute approximate surface area is 95.4 Å². The molecule has 1 aliphatic rings. The van der Waals surface area contributed by atoms with Crippen LogP contribution in [-0.2, 0) is 0 Å². The molecule has 0 saturated heterocycles. The van der Waals surface area contributed by atoms with Crippen molar-refractivity contribution in [3.05, 3.63) is 15.5 Å². The van der Waals surface area contributed by atoms with Gasteiger partial charge in [0.2, 0.25) is 0 Å². The summed E-state index contributed by atoms with van der Waals surface area (Å²) >= 11 is 6.48. The van der Waals surface area contributed by atoms with Crippen molar-refractivity contribution in [2.24, 2.45) is 0 Å².